The summed E-state index contributed by atoms with van der Waals surface area (Å²) >= 11 is 0. The van der Waals surface area contributed by atoms with Crippen LogP contribution >= 0.6 is 0 Å². The highest BCUT2D eigenvalue weighted by Crippen LogP contribution is 2.49. The van der Waals surface area contributed by atoms with Crippen LogP contribution in [0.4, 0.5) is 29.5 Å². The number of ether oxygens (including phenoxy) is 1. The van der Waals surface area contributed by atoms with E-state index in [1.807, 2.05) is 0 Å². The quantitative estimate of drug-likeness (QED) is 0.723. The molecule has 1 aromatic carbocycles. The molecule has 1 aliphatic heterocycles. The van der Waals surface area contributed by atoms with Gasteiger partial charge in [0.1, 0.15) is 24.8 Å². The molecule has 3 amide bonds. The van der Waals surface area contributed by atoms with Crippen LogP contribution in [0.1, 0.15) is 24.8 Å². The zero-order valence-electron chi connectivity index (χ0n) is 16.8. The third-order valence-electron chi connectivity index (χ3n) is 6.51. The molecule has 2 heterocycles. The average Bonchev–Trinajstić information content (AvgIpc) is 3.40. The van der Waals surface area contributed by atoms with Gasteiger partial charge in [0, 0.05) is 17.8 Å². The van der Waals surface area contributed by atoms with Crippen LogP contribution in [0.15, 0.2) is 36.7 Å². The van der Waals surface area contributed by atoms with Gasteiger partial charge < -0.3 is 10.5 Å². The molecule has 4 atom stereocenters. The van der Waals surface area contributed by atoms with Crippen LogP contribution < -0.4 is 15.4 Å². The van der Waals surface area contributed by atoms with Gasteiger partial charge in [-0.1, -0.05) is 6.07 Å². The van der Waals surface area contributed by atoms with Gasteiger partial charge in [-0.3, -0.25) is 14.6 Å². The monoisotopic (exact) mass is 447 g/mol. The molecule has 2 N–H and O–H groups in total. The number of hydrogen-bond donors (Lipinski definition) is 1. The molecular formula is C21H20F3N5O3. The lowest BCUT2D eigenvalue weighted by atomic mass is 9.92. The Kier molecular flexibility index (Phi) is 4.72. The van der Waals surface area contributed by atoms with Gasteiger partial charge in [-0.15, -0.1) is 0 Å². The number of anilines is 2. The van der Waals surface area contributed by atoms with Gasteiger partial charge in [-0.25, -0.2) is 14.8 Å². The number of hydrogen-bond acceptors (Lipinski definition) is 6. The Hall–Kier alpha value is -3.37. The fourth-order valence-corrected chi connectivity index (χ4v) is 5.12. The lowest BCUT2D eigenvalue weighted by molar-refractivity contribution is -0.137. The number of urea groups is 1. The summed E-state index contributed by atoms with van der Waals surface area (Å²) in [6.07, 6.45) is -1.26. The number of imide groups is 1. The molecule has 0 radical (unpaired) electrons. The first kappa shape index (κ1) is 20.5. The summed E-state index contributed by atoms with van der Waals surface area (Å²) in [6, 6.07) is 5.15. The first-order valence-corrected chi connectivity index (χ1v) is 10.3. The topological polar surface area (TPSA) is 102 Å². The summed E-state index contributed by atoms with van der Waals surface area (Å²) in [5, 5.41) is 0. The molecule has 168 valence electrons. The molecule has 5 rings (SSSR count). The van der Waals surface area contributed by atoms with Crippen LogP contribution in [0, 0.1) is 11.8 Å². The van der Waals surface area contributed by atoms with Crippen molar-refractivity contribution in [1.82, 2.24) is 14.9 Å². The Morgan fingerprint density at radius 1 is 1.06 bits per heavy atom. The van der Waals surface area contributed by atoms with Gasteiger partial charge in [0.25, 0.3) is 5.91 Å². The number of aromatic nitrogens is 2. The number of alkyl halides is 3. The number of nitrogens with zero attached hydrogens (tertiary/aromatic N) is 4. The minimum atomic E-state index is -4.53. The van der Waals surface area contributed by atoms with Gasteiger partial charge in [0.2, 0.25) is 5.88 Å². The van der Waals surface area contributed by atoms with Crippen molar-refractivity contribution in [2.75, 3.05) is 17.2 Å². The van der Waals surface area contributed by atoms with Crippen LogP contribution in [0.25, 0.3) is 0 Å². The van der Waals surface area contributed by atoms with E-state index < -0.39 is 23.7 Å². The molecule has 1 aromatic heterocycles. The van der Waals surface area contributed by atoms with E-state index in [-0.39, 0.29) is 36.2 Å². The number of carbonyl (C=O) groups excluding carboxylic acids is 2. The number of amides is 3. The van der Waals surface area contributed by atoms with E-state index in [9.17, 15) is 22.8 Å². The summed E-state index contributed by atoms with van der Waals surface area (Å²) in [7, 11) is 0. The number of fused-ring (bicyclic) bond motifs is 2. The molecule has 2 saturated carbocycles. The summed E-state index contributed by atoms with van der Waals surface area (Å²) in [5.74, 6) is 0.503. The molecule has 2 aromatic rings. The van der Waals surface area contributed by atoms with Gasteiger partial charge in [0.05, 0.1) is 5.56 Å². The predicted molar refractivity (Wildman–Crippen MR) is 107 cm³/mol. The SMILES string of the molecule is Nc1cc(OC2CC3CC2CC3N2C(=O)CN(c3cccc(C(F)(F)F)c3)C2=O)ncn1. The highest BCUT2D eigenvalue weighted by atomic mass is 19.4. The number of carbonyl (C=O) groups is 2. The highest BCUT2D eigenvalue weighted by molar-refractivity contribution is 6.12. The second-order valence-electron chi connectivity index (χ2n) is 8.41. The van der Waals surface area contributed by atoms with Gasteiger partial charge in [0.15, 0.2) is 0 Å². The zero-order chi connectivity index (χ0) is 22.6. The molecule has 1 saturated heterocycles. The van der Waals surface area contributed by atoms with Crippen molar-refractivity contribution in [3.63, 3.8) is 0 Å². The Labute approximate surface area is 181 Å². The molecule has 0 spiro atoms. The normalized spacial score (nSPS) is 27.5. The Morgan fingerprint density at radius 2 is 1.88 bits per heavy atom. The Morgan fingerprint density at radius 3 is 2.56 bits per heavy atom. The van der Waals surface area contributed by atoms with Gasteiger partial charge in [-0.2, -0.15) is 13.2 Å². The van der Waals surface area contributed by atoms with E-state index in [1.165, 1.54) is 23.4 Å². The first-order chi connectivity index (χ1) is 15.2. The average molecular weight is 447 g/mol. The van der Waals surface area contributed by atoms with Crippen molar-refractivity contribution in [2.45, 2.75) is 37.6 Å². The van der Waals surface area contributed by atoms with E-state index in [1.54, 1.807) is 6.07 Å². The molecule has 11 heteroatoms. The molecule has 3 aliphatic rings. The third-order valence-corrected chi connectivity index (χ3v) is 6.51. The Balaban J connectivity index is 1.29. The van der Waals surface area contributed by atoms with Crippen molar-refractivity contribution < 1.29 is 27.5 Å². The maximum Gasteiger partial charge on any atom is 0.416 e. The Bertz CT molecular complexity index is 1080. The first-order valence-electron chi connectivity index (χ1n) is 10.3. The lowest BCUT2D eigenvalue weighted by Gasteiger charge is -2.33. The second-order valence-corrected chi connectivity index (χ2v) is 8.41. The number of halogens is 3. The van der Waals surface area contributed by atoms with E-state index in [0.717, 1.165) is 23.5 Å². The fourth-order valence-electron chi connectivity index (χ4n) is 5.12. The van der Waals surface area contributed by atoms with Crippen LogP contribution in [0.3, 0.4) is 0 Å². The van der Waals surface area contributed by atoms with Crippen molar-refractivity contribution in [3.05, 3.63) is 42.2 Å². The maximum absolute atomic E-state index is 13.1. The summed E-state index contributed by atoms with van der Waals surface area (Å²) in [6.45, 7) is -0.270. The van der Waals surface area contributed by atoms with E-state index in [0.29, 0.717) is 24.5 Å². The van der Waals surface area contributed by atoms with Gasteiger partial charge in [-0.05, 0) is 49.3 Å². The smallest absolute Gasteiger partial charge is 0.416 e. The molecule has 2 bridgehead atoms. The molecule has 4 unspecified atom stereocenters. The third kappa shape index (κ3) is 3.51. The van der Waals surface area contributed by atoms with Crippen molar-refractivity contribution in [2.24, 2.45) is 11.8 Å². The number of rotatable bonds is 4. The van der Waals surface area contributed by atoms with Crippen LogP contribution in [-0.2, 0) is 11.0 Å². The van der Waals surface area contributed by atoms with Gasteiger partial charge >= 0.3 is 12.2 Å². The molecule has 3 fully saturated rings. The molecule has 32 heavy (non-hydrogen) atoms. The summed E-state index contributed by atoms with van der Waals surface area (Å²) in [4.78, 5) is 36.0. The van der Waals surface area contributed by atoms with Crippen LogP contribution in [-0.4, -0.2) is 45.5 Å². The van der Waals surface area contributed by atoms with Crippen molar-refractivity contribution in [1.29, 1.82) is 0 Å². The number of benzene rings is 1. The van der Waals surface area contributed by atoms with E-state index in [4.69, 9.17) is 10.5 Å². The minimum absolute atomic E-state index is 0.0615. The maximum atomic E-state index is 13.1. The lowest BCUT2D eigenvalue weighted by Crippen LogP contribution is -2.46. The molecular weight excluding hydrogens is 427 g/mol. The summed E-state index contributed by atoms with van der Waals surface area (Å²) < 4.78 is 45.1. The predicted octanol–water partition coefficient (Wildman–Crippen LogP) is 3.09. The number of nitrogens with two attached hydrogens (primary N) is 1. The minimum Gasteiger partial charge on any atom is -0.474 e. The molecule has 8 nitrogen and oxygen atoms in total. The van der Waals surface area contributed by atoms with E-state index in [2.05, 4.69) is 9.97 Å². The van der Waals surface area contributed by atoms with E-state index >= 15 is 0 Å². The zero-order valence-corrected chi connectivity index (χ0v) is 16.8. The largest absolute Gasteiger partial charge is 0.474 e. The van der Waals surface area contributed by atoms with Crippen molar-refractivity contribution >= 4 is 23.4 Å². The number of nitrogen functional groups attached to an aromatic ring is 1. The molecule has 2 aliphatic carbocycles. The standard InChI is InChI=1S/C21H20F3N5O3/c22-21(23,24)13-2-1-3-14(7-13)28-9-19(30)29(20(28)31)15-5-12-4-11(15)6-16(12)32-18-8-17(25)26-10-27-18/h1-3,7-8,10-12,15-16H,4-6,9H2,(H2,25,26,27). The van der Waals surface area contributed by atoms with Crippen molar-refractivity contribution in [3.8, 4) is 5.88 Å². The fraction of sp³-hybridized carbons (Fsp3) is 0.429. The highest BCUT2D eigenvalue weighted by Gasteiger charge is 2.54. The summed E-state index contributed by atoms with van der Waals surface area (Å²) in [5.41, 5.74) is 4.86. The van der Waals surface area contributed by atoms with Crippen LogP contribution in [0.2, 0.25) is 0 Å². The van der Waals surface area contributed by atoms with Crippen LogP contribution in [0.5, 0.6) is 5.88 Å². The second kappa shape index (κ2) is 7.35.